The summed E-state index contributed by atoms with van der Waals surface area (Å²) in [5.41, 5.74) is -1.45. The summed E-state index contributed by atoms with van der Waals surface area (Å²) in [5, 5.41) is 9.82. The predicted octanol–water partition coefficient (Wildman–Crippen LogP) is 5.25. The molecule has 1 N–H and O–H groups in total. The molecule has 1 atom stereocenters. The number of carboxylic acids is 1. The molecule has 170 valence electrons. The van der Waals surface area contributed by atoms with E-state index in [2.05, 4.69) is 4.90 Å². The number of rotatable bonds is 9. The maximum atomic E-state index is 14.7. The lowest BCUT2D eigenvalue weighted by Crippen LogP contribution is -2.45. The van der Waals surface area contributed by atoms with E-state index in [-0.39, 0.29) is 18.2 Å². The largest absolute Gasteiger partial charge is 0.479 e. The molecule has 1 aromatic carbocycles. The van der Waals surface area contributed by atoms with Crippen molar-refractivity contribution in [1.82, 2.24) is 4.90 Å². The monoisotopic (exact) mass is 433 g/mol. The summed E-state index contributed by atoms with van der Waals surface area (Å²) in [6.07, 6.45) is 7.80. The van der Waals surface area contributed by atoms with Gasteiger partial charge in [0.1, 0.15) is 11.5 Å². The van der Waals surface area contributed by atoms with Gasteiger partial charge in [-0.15, -0.1) is 0 Å². The third-order valence-corrected chi connectivity index (χ3v) is 6.76. The number of piperidine rings is 1. The fourth-order valence-electron chi connectivity index (χ4n) is 4.30. The first kappa shape index (κ1) is 23.6. The number of ether oxygens (including phenoxy) is 1. The van der Waals surface area contributed by atoms with Gasteiger partial charge in [0.2, 0.25) is 0 Å². The highest BCUT2D eigenvalue weighted by Gasteiger charge is 2.39. The fraction of sp³-hybridized carbons (Fsp3) is 0.560. The van der Waals surface area contributed by atoms with Crippen molar-refractivity contribution >= 4 is 11.5 Å². The molecule has 1 aromatic rings. The molecule has 1 unspecified atom stereocenters. The topological polar surface area (TPSA) is 49.8 Å². The second kappa shape index (κ2) is 10.0. The Balaban J connectivity index is 1.55. The zero-order valence-corrected chi connectivity index (χ0v) is 18.4. The second-order valence-electron chi connectivity index (χ2n) is 8.76. The molecule has 0 radical (unpaired) electrons. The fourth-order valence-corrected chi connectivity index (χ4v) is 4.30. The number of halogens is 2. The molecule has 0 aromatic heterocycles. The Hall–Kier alpha value is -2.05. The van der Waals surface area contributed by atoms with Crippen LogP contribution in [0.15, 0.2) is 42.5 Å². The Labute approximate surface area is 183 Å². The lowest BCUT2D eigenvalue weighted by Gasteiger charge is -2.37. The summed E-state index contributed by atoms with van der Waals surface area (Å²) < 4.78 is 34.7. The van der Waals surface area contributed by atoms with Gasteiger partial charge in [0.05, 0.1) is 6.61 Å². The molecule has 1 heterocycles. The number of nitrogens with zero attached hydrogens (tertiary/aromatic N) is 1. The molecule has 1 aliphatic heterocycles. The van der Waals surface area contributed by atoms with Crippen LogP contribution in [-0.2, 0) is 9.53 Å². The summed E-state index contributed by atoms with van der Waals surface area (Å²) in [4.78, 5) is 14.2. The van der Waals surface area contributed by atoms with E-state index in [1.165, 1.54) is 12.1 Å². The molecule has 1 saturated heterocycles. The minimum Gasteiger partial charge on any atom is -0.479 e. The number of alkyl halides is 1. The van der Waals surface area contributed by atoms with E-state index >= 15 is 0 Å². The molecule has 31 heavy (non-hydrogen) atoms. The average molecular weight is 434 g/mol. The van der Waals surface area contributed by atoms with Crippen LogP contribution in [0.1, 0.15) is 51.5 Å². The van der Waals surface area contributed by atoms with Crippen LogP contribution in [0.25, 0.3) is 5.57 Å². The van der Waals surface area contributed by atoms with Gasteiger partial charge in [0.15, 0.2) is 5.60 Å². The molecule has 0 amide bonds. The zero-order valence-electron chi connectivity index (χ0n) is 18.4. The van der Waals surface area contributed by atoms with E-state index in [0.29, 0.717) is 37.1 Å². The van der Waals surface area contributed by atoms with Gasteiger partial charge >= 0.3 is 5.97 Å². The molecule has 0 bridgehead atoms. The third-order valence-electron chi connectivity index (χ3n) is 6.76. The van der Waals surface area contributed by atoms with Crippen molar-refractivity contribution in [3.8, 4) is 0 Å². The van der Waals surface area contributed by atoms with Crippen LogP contribution in [0, 0.1) is 11.7 Å². The van der Waals surface area contributed by atoms with Crippen LogP contribution in [0.5, 0.6) is 0 Å². The van der Waals surface area contributed by atoms with Crippen molar-refractivity contribution in [2.45, 2.75) is 57.2 Å². The number of hydrogen-bond acceptors (Lipinski definition) is 3. The van der Waals surface area contributed by atoms with E-state index in [9.17, 15) is 18.7 Å². The van der Waals surface area contributed by atoms with E-state index in [4.69, 9.17) is 4.74 Å². The molecular formula is C25H33F2NO3. The number of hydrogen-bond donors (Lipinski definition) is 1. The van der Waals surface area contributed by atoms with Gasteiger partial charge in [0.25, 0.3) is 0 Å². The van der Waals surface area contributed by atoms with Crippen molar-refractivity contribution in [2.75, 3.05) is 26.2 Å². The molecule has 1 fully saturated rings. The van der Waals surface area contributed by atoms with Crippen LogP contribution in [0.3, 0.4) is 0 Å². The number of aliphatic carboxylic acids is 1. The van der Waals surface area contributed by atoms with Crippen LogP contribution < -0.4 is 0 Å². The second-order valence-corrected chi connectivity index (χ2v) is 8.76. The van der Waals surface area contributed by atoms with E-state index in [1.807, 2.05) is 13.8 Å². The molecule has 3 rings (SSSR count). The molecule has 0 spiro atoms. The smallest absolute Gasteiger partial charge is 0.340 e. The first-order chi connectivity index (χ1) is 14.8. The first-order valence-electron chi connectivity index (χ1n) is 11.2. The van der Waals surface area contributed by atoms with Crippen molar-refractivity contribution < 1.29 is 23.4 Å². The van der Waals surface area contributed by atoms with Gasteiger partial charge in [-0.05, 0) is 62.4 Å². The van der Waals surface area contributed by atoms with E-state index in [1.54, 1.807) is 30.4 Å². The SMILES string of the molecule is CCC(F)(CC)CN1CCC(COC2(C(=O)O)C=CC(c3ccccc3F)=CC2)CC1. The van der Waals surface area contributed by atoms with Crippen molar-refractivity contribution in [3.05, 3.63) is 53.9 Å². The zero-order chi connectivity index (χ0) is 22.5. The average Bonchev–Trinajstić information content (AvgIpc) is 2.79. The third kappa shape index (κ3) is 5.60. The molecule has 4 nitrogen and oxygen atoms in total. The predicted molar refractivity (Wildman–Crippen MR) is 118 cm³/mol. The quantitative estimate of drug-likeness (QED) is 0.578. The Bertz CT molecular complexity index is 826. The molecule has 1 aliphatic carbocycles. The maximum absolute atomic E-state index is 14.7. The van der Waals surface area contributed by atoms with Crippen molar-refractivity contribution in [1.29, 1.82) is 0 Å². The highest BCUT2D eigenvalue weighted by atomic mass is 19.1. The van der Waals surface area contributed by atoms with Gasteiger partial charge in [-0.3, -0.25) is 0 Å². The Kier molecular flexibility index (Phi) is 7.65. The number of benzene rings is 1. The minimum absolute atomic E-state index is 0.152. The van der Waals surface area contributed by atoms with Crippen LogP contribution in [-0.4, -0.2) is 53.5 Å². The van der Waals surface area contributed by atoms with Crippen LogP contribution >= 0.6 is 0 Å². The lowest BCUT2D eigenvalue weighted by molar-refractivity contribution is -0.161. The Morgan fingerprint density at radius 1 is 1.26 bits per heavy atom. The minimum atomic E-state index is -1.43. The summed E-state index contributed by atoms with van der Waals surface area (Å²) >= 11 is 0. The van der Waals surface area contributed by atoms with Gasteiger partial charge in [-0.25, -0.2) is 13.6 Å². The lowest BCUT2D eigenvalue weighted by atomic mass is 9.88. The normalized spacial score (nSPS) is 23.0. The van der Waals surface area contributed by atoms with E-state index < -0.39 is 17.2 Å². The van der Waals surface area contributed by atoms with Gasteiger partial charge < -0.3 is 14.7 Å². The molecule has 0 saturated carbocycles. The van der Waals surface area contributed by atoms with E-state index in [0.717, 1.165) is 25.9 Å². The van der Waals surface area contributed by atoms with Crippen molar-refractivity contribution in [2.24, 2.45) is 5.92 Å². The highest BCUT2D eigenvalue weighted by Crippen LogP contribution is 2.32. The number of carboxylic acid groups (broad SMARTS) is 1. The Morgan fingerprint density at radius 3 is 2.48 bits per heavy atom. The molecule has 6 heteroatoms. The highest BCUT2D eigenvalue weighted by molar-refractivity contribution is 5.85. The summed E-state index contributed by atoms with van der Waals surface area (Å²) in [6, 6.07) is 6.44. The van der Waals surface area contributed by atoms with Gasteiger partial charge in [-0.2, -0.15) is 0 Å². The summed E-state index contributed by atoms with van der Waals surface area (Å²) in [6.45, 7) is 6.17. The van der Waals surface area contributed by atoms with Crippen LogP contribution in [0.2, 0.25) is 0 Å². The number of carbonyl (C=O) groups is 1. The Morgan fingerprint density at radius 2 is 1.94 bits per heavy atom. The standard InChI is InChI=1S/C25H33F2NO3/c1-3-24(27,4-2)18-28-15-11-19(12-16-28)17-31-25(23(29)30)13-9-20(10-14-25)21-7-5-6-8-22(21)26/h5-10,13,19H,3-4,11-12,14-18H2,1-2H3,(H,29,30). The summed E-state index contributed by atoms with van der Waals surface area (Å²) in [5.74, 6) is -1.13. The van der Waals surface area contributed by atoms with Gasteiger partial charge in [-0.1, -0.05) is 44.2 Å². The number of allylic oxidation sites excluding steroid dienone is 2. The maximum Gasteiger partial charge on any atom is 0.340 e. The summed E-state index contributed by atoms with van der Waals surface area (Å²) in [7, 11) is 0. The molecular weight excluding hydrogens is 400 g/mol. The van der Waals surface area contributed by atoms with Crippen molar-refractivity contribution in [3.63, 3.8) is 0 Å². The molecule has 2 aliphatic rings. The number of likely N-dealkylation sites (tertiary alicyclic amines) is 1. The van der Waals surface area contributed by atoms with Crippen LogP contribution in [0.4, 0.5) is 8.78 Å². The first-order valence-corrected chi connectivity index (χ1v) is 11.2. The van der Waals surface area contributed by atoms with Gasteiger partial charge in [0, 0.05) is 18.5 Å².